The summed E-state index contributed by atoms with van der Waals surface area (Å²) in [4.78, 5) is 24.9. The SMILES string of the molecule is O=C(O)C1CCC(NC(=O)N2CCCCCC2)CC1. The van der Waals surface area contributed by atoms with E-state index in [1.807, 2.05) is 4.90 Å². The van der Waals surface area contributed by atoms with E-state index in [9.17, 15) is 9.59 Å². The Hall–Kier alpha value is -1.26. The lowest BCUT2D eigenvalue weighted by molar-refractivity contribution is -0.142. The quantitative estimate of drug-likeness (QED) is 0.806. The third kappa shape index (κ3) is 4.11. The first-order valence-electron chi connectivity index (χ1n) is 7.45. The van der Waals surface area contributed by atoms with Gasteiger partial charge in [0, 0.05) is 19.1 Å². The van der Waals surface area contributed by atoms with Gasteiger partial charge in [0.2, 0.25) is 0 Å². The van der Waals surface area contributed by atoms with Gasteiger partial charge in [-0.2, -0.15) is 0 Å². The molecule has 2 fully saturated rings. The molecule has 0 aromatic carbocycles. The molecular formula is C14H24N2O3. The first kappa shape index (κ1) is 14.2. The molecule has 0 aromatic heterocycles. The zero-order valence-corrected chi connectivity index (χ0v) is 11.4. The number of carboxylic acid groups (broad SMARTS) is 1. The molecule has 2 N–H and O–H groups in total. The first-order chi connectivity index (χ1) is 9.16. The van der Waals surface area contributed by atoms with Crippen LogP contribution in [0.2, 0.25) is 0 Å². The van der Waals surface area contributed by atoms with E-state index in [0.717, 1.165) is 38.8 Å². The van der Waals surface area contributed by atoms with Crippen LogP contribution >= 0.6 is 0 Å². The van der Waals surface area contributed by atoms with Gasteiger partial charge in [0.1, 0.15) is 0 Å². The molecule has 1 heterocycles. The Kier molecular flexibility index (Phi) is 5.05. The number of likely N-dealkylation sites (tertiary alicyclic amines) is 1. The monoisotopic (exact) mass is 268 g/mol. The highest BCUT2D eigenvalue weighted by Crippen LogP contribution is 2.24. The smallest absolute Gasteiger partial charge is 0.317 e. The average Bonchev–Trinajstić information content (AvgIpc) is 2.68. The standard InChI is InChI=1S/C14H24N2O3/c17-13(18)11-5-7-12(8-6-11)15-14(19)16-9-3-1-2-4-10-16/h11-12H,1-10H2,(H,15,19)(H,17,18). The molecule has 0 atom stereocenters. The van der Waals surface area contributed by atoms with E-state index in [-0.39, 0.29) is 18.0 Å². The van der Waals surface area contributed by atoms with Crippen LogP contribution in [0, 0.1) is 5.92 Å². The van der Waals surface area contributed by atoms with Crippen molar-refractivity contribution in [2.75, 3.05) is 13.1 Å². The van der Waals surface area contributed by atoms with E-state index in [1.165, 1.54) is 12.8 Å². The van der Waals surface area contributed by atoms with Gasteiger partial charge in [-0.1, -0.05) is 12.8 Å². The van der Waals surface area contributed by atoms with Crippen LogP contribution in [0.4, 0.5) is 4.79 Å². The summed E-state index contributed by atoms with van der Waals surface area (Å²) in [5.74, 6) is -0.913. The maximum absolute atomic E-state index is 12.1. The van der Waals surface area contributed by atoms with Gasteiger partial charge in [-0.05, 0) is 38.5 Å². The maximum atomic E-state index is 12.1. The third-order valence-corrected chi connectivity index (χ3v) is 4.30. The van der Waals surface area contributed by atoms with Gasteiger partial charge in [0.15, 0.2) is 0 Å². The Morgan fingerprint density at radius 2 is 1.53 bits per heavy atom. The largest absolute Gasteiger partial charge is 0.481 e. The molecule has 1 aliphatic carbocycles. The Bertz CT molecular complexity index is 317. The molecule has 1 aliphatic heterocycles. The Morgan fingerprint density at radius 1 is 0.947 bits per heavy atom. The minimum Gasteiger partial charge on any atom is -0.481 e. The number of carbonyl (C=O) groups is 2. The summed E-state index contributed by atoms with van der Waals surface area (Å²) in [6, 6.07) is 0.201. The van der Waals surface area contributed by atoms with E-state index < -0.39 is 5.97 Å². The minimum atomic E-state index is -0.697. The fraction of sp³-hybridized carbons (Fsp3) is 0.857. The summed E-state index contributed by atoms with van der Waals surface area (Å²) in [5.41, 5.74) is 0. The number of nitrogens with zero attached hydrogens (tertiary/aromatic N) is 1. The van der Waals surface area contributed by atoms with Crippen molar-refractivity contribution in [1.29, 1.82) is 0 Å². The fourth-order valence-electron chi connectivity index (χ4n) is 3.02. The van der Waals surface area contributed by atoms with Gasteiger partial charge in [-0.3, -0.25) is 4.79 Å². The number of aliphatic carboxylic acids is 1. The van der Waals surface area contributed by atoms with Crippen LogP contribution in [-0.2, 0) is 4.79 Å². The van der Waals surface area contributed by atoms with Crippen LogP contribution in [0.25, 0.3) is 0 Å². The van der Waals surface area contributed by atoms with Gasteiger partial charge < -0.3 is 15.3 Å². The van der Waals surface area contributed by atoms with Crippen LogP contribution < -0.4 is 5.32 Å². The lowest BCUT2D eigenvalue weighted by Gasteiger charge is -2.29. The molecule has 0 radical (unpaired) electrons. The Morgan fingerprint density at radius 3 is 2.05 bits per heavy atom. The lowest BCUT2D eigenvalue weighted by Crippen LogP contribution is -2.46. The van der Waals surface area contributed by atoms with E-state index in [2.05, 4.69) is 5.32 Å². The van der Waals surface area contributed by atoms with E-state index >= 15 is 0 Å². The van der Waals surface area contributed by atoms with Gasteiger partial charge in [-0.25, -0.2) is 4.79 Å². The van der Waals surface area contributed by atoms with Crippen molar-refractivity contribution in [2.24, 2.45) is 5.92 Å². The maximum Gasteiger partial charge on any atom is 0.317 e. The number of hydrogen-bond acceptors (Lipinski definition) is 2. The predicted molar refractivity (Wildman–Crippen MR) is 72.0 cm³/mol. The number of urea groups is 1. The molecular weight excluding hydrogens is 244 g/mol. The molecule has 2 amide bonds. The van der Waals surface area contributed by atoms with E-state index in [1.54, 1.807) is 0 Å². The topological polar surface area (TPSA) is 69.6 Å². The molecule has 2 aliphatic rings. The van der Waals surface area contributed by atoms with Crippen LogP contribution in [-0.4, -0.2) is 41.1 Å². The molecule has 0 spiro atoms. The molecule has 0 aromatic rings. The van der Waals surface area contributed by atoms with Crippen molar-refractivity contribution in [3.05, 3.63) is 0 Å². The normalized spacial score (nSPS) is 28.5. The van der Waals surface area contributed by atoms with Crippen molar-refractivity contribution in [1.82, 2.24) is 10.2 Å². The van der Waals surface area contributed by atoms with Crippen LogP contribution in [0.3, 0.4) is 0 Å². The second-order valence-corrected chi connectivity index (χ2v) is 5.74. The first-order valence-corrected chi connectivity index (χ1v) is 7.45. The molecule has 0 bridgehead atoms. The van der Waals surface area contributed by atoms with E-state index in [0.29, 0.717) is 12.8 Å². The minimum absolute atomic E-state index is 0.0423. The van der Waals surface area contributed by atoms with Gasteiger partial charge in [0.05, 0.1) is 5.92 Å². The second kappa shape index (κ2) is 6.78. The molecule has 19 heavy (non-hydrogen) atoms. The Labute approximate surface area is 114 Å². The molecule has 5 nitrogen and oxygen atoms in total. The summed E-state index contributed by atoms with van der Waals surface area (Å²) in [5, 5.41) is 12.0. The third-order valence-electron chi connectivity index (χ3n) is 4.30. The summed E-state index contributed by atoms with van der Waals surface area (Å²) in [6.45, 7) is 1.71. The van der Waals surface area contributed by atoms with Gasteiger partial charge in [0.25, 0.3) is 0 Å². The lowest BCUT2D eigenvalue weighted by atomic mass is 9.86. The predicted octanol–water partition coefficient (Wildman–Crippen LogP) is 2.22. The van der Waals surface area contributed by atoms with E-state index in [4.69, 9.17) is 5.11 Å². The van der Waals surface area contributed by atoms with Gasteiger partial charge >= 0.3 is 12.0 Å². The number of amides is 2. The molecule has 2 rings (SSSR count). The average molecular weight is 268 g/mol. The number of carbonyl (C=O) groups excluding carboxylic acids is 1. The summed E-state index contributed by atoms with van der Waals surface area (Å²) in [6.07, 6.45) is 7.56. The molecule has 1 saturated carbocycles. The highest BCUT2D eigenvalue weighted by Gasteiger charge is 2.27. The van der Waals surface area contributed by atoms with Crippen molar-refractivity contribution in [3.8, 4) is 0 Å². The number of nitrogens with one attached hydrogen (secondary N) is 1. The van der Waals surface area contributed by atoms with Crippen molar-refractivity contribution < 1.29 is 14.7 Å². The second-order valence-electron chi connectivity index (χ2n) is 5.74. The van der Waals surface area contributed by atoms with Crippen LogP contribution in [0.5, 0.6) is 0 Å². The highest BCUT2D eigenvalue weighted by atomic mass is 16.4. The molecule has 108 valence electrons. The van der Waals surface area contributed by atoms with Crippen molar-refractivity contribution in [3.63, 3.8) is 0 Å². The number of carboxylic acids is 1. The fourth-order valence-corrected chi connectivity index (χ4v) is 3.02. The number of rotatable bonds is 2. The summed E-state index contributed by atoms with van der Waals surface area (Å²) < 4.78 is 0. The highest BCUT2D eigenvalue weighted by molar-refractivity contribution is 5.74. The molecule has 5 heteroatoms. The van der Waals surface area contributed by atoms with Crippen molar-refractivity contribution >= 4 is 12.0 Å². The number of hydrogen-bond donors (Lipinski definition) is 2. The van der Waals surface area contributed by atoms with Crippen LogP contribution in [0.1, 0.15) is 51.4 Å². The van der Waals surface area contributed by atoms with Crippen molar-refractivity contribution in [2.45, 2.75) is 57.4 Å². The molecule has 0 unspecified atom stereocenters. The summed E-state index contributed by atoms with van der Waals surface area (Å²) >= 11 is 0. The zero-order valence-electron chi connectivity index (χ0n) is 11.4. The van der Waals surface area contributed by atoms with Gasteiger partial charge in [-0.15, -0.1) is 0 Å². The Balaban J connectivity index is 1.75. The van der Waals surface area contributed by atoms with Crippen LogP contribution in [0.15, 0.2) is 0 Å². The zero-order chi connectivity index (χ0) is 13.7. The molecule has 1 saturated heterocycles. The summed E-state index contributed by atoms with van der Waals surface area (Å²) in [7, 11) is 0.